The van der Waals surface area contributed by atoms with Crippen molar-refractivity contribution < 1.29 is 23.1 Å². The van der Waals surface area contributed by atoms with Gasteiger partial charge in [-0.25, -0.2) is 22.9 Å². The average molecular weight is 582 g/mol. The van der Waals surface area contributed by atoms with Gasteiger partial charge in [0.15, 0.2) is 0 Å². The summed E-state index contributed by atoms with van der Waals surface area (Å²) in [6.45, 7) is 1.70. The van der Waals surface area contributed by atoms with E-state index >= 15 is 0 Å². The molecule has 42 heavy (non-hydrogen) atoms. The molecule has 0 bridgehead atoms. The van der Waals surface area contributed by atoms with E-state index in [2.05, 4.69) is 10.3 Å². The van der Waals surface area contributed by atoms with Crippen LogP contribution in [0.25, 0.3) is 11.3 Å². The number of likely N-dealkylation sites (tertiary alicyclic amines) is 1. The van der Waals surface area contributed by atoms with Crippen molar-refractivity contribution in [1.82, 2.24) is 24.7 Å². The van der Waals surface area contributed by atoms with Gasteiger partial charge in [0.1, 0.15) is 17.5 Å². The molecule has 2 amide bonds. The molecule has 11 heteroatoms. The lowest BCUT2D eigenvalue weighted by Crippen LogP contribution is -2.64. The Hall–Kier alpha value is -3.70. The third-order valence-electron chi connectivity index (χ3n) is 9.37. The molecule has 2 atom stereocenters. The van der Waals surface area contributed by atoms with E-state index in [4.69, 9.17) is 0 Å². The minimum absolute atomic E-state index is 0.00315. The van der Waals surface area contributed by atoms with Crippen molar-refractivity contribution in [2.75, 3.05) is 32.7 Å². The Balaban J connectivity index is 1.24. The summed E-state index contributed by atoms with van der Waals surface area (Å²) in [6, 6.07) is 9.72. The molecular formula is C31H34F3N5O3. The van der Waals surface area contributed by atoms with Crippen molar-refractivity contribution in [2.45, 2.75) is 50.3 Å². The van der Waals surface area contributed by atoms with Crippen molar-refractivity contribution in [3.63, 3.8) is 0 Å². The number of piperazine rings is 1. The zero-order chi connectivity index (χ0) is 29.5. The summed E-state index contributed by atoms with van der Waals surface area (Å²) in [6.07, 6.45) is 4.73. The fourth-order valence-electron chi connectivity index (χ4n) is 7.07. The topological polar surface area (TPSA) is 90.7 Å². The van der Waals surface area contributed by atoms with E-state index in [1.165, 1.54) is 23.0 Å². The highest BCUT2D eigenvalue weighted by atomic mass is 19.1. The Kier molecular flexibility index (Phi) is 7.57. The molecule has 3 aromatic rings. The van der Waals surface area contributed by atoms with E-state index in [9.17, 15) is 27.9 Å². The first kappa shape index (κ1) is 28.4. The number of aromatic nitrogens is 2. The normalized spacial score (nSPS) is 23.9. The van der Waals surface area contributed by atoms with Gasteiger partial charge in [0.25, 0.3) is 5.56 Å². The molecule has 2 saturated heterocycles. The van der Waals surface area contributed by atoms with Crippen LogP contribution in [0.1, 0.15) is 43.7 Å². The maximum absolute atomic E-state index is 14.7. The zero-order valence-corrected chi connectivity index (χ0v) is 23.2. The summed E-state index contributed by atoms with van der Waals surface area (Å²) in [7, 11) is 0. The third kappa shape index (κ3) is 5.09. The molecule has 1 saturated carbocycles. The summed E-state index contributed by atoms with van der Waals surface area (Å²) >= 11 is 0. The van der Waals surface area contributed by atoms with Gasteiger partial charge in [-0.15, -0.1) is 0 Å². The summed E-state index contributed by atoms with van der Waals surface area (Å²) < 4.78 is 44.4. The number of urea groups is 1. The van der Waals surface area contributed by atoms with Crippen molar-refractivity contribution in [3.8, 4) is 11.3 Å². The molecule has 1 aliphatic carbocycles. The van der Waals surface area contributed by atoms with Gasteiger partial charge in [-0.2, -0.15) is 0 Å². The smallest absolute Gasteiger partial charge is 0.320 e. The lowest BCUT2D eigenvalue weighted by Gasteiger charge is -2.53. The van der Waals surface area contributed by atoms with Gasteiger partial charge in [0.2, 0.25) is 0 Å². The highest BCUT2D eigenvalue weighted by Crippen LogP contribution is 2.52. The van der Waals surface area contributed by atoms with Crippen LogP contribution >= 0.6 is 0 Å². The maximum Gasteiger partial charge on any atom is 0.320 e. The molecule has 0 unspecified atom stereocenters. The first-order chi connectivity index (χ1) is 20.2. The average Bonchev–Trinajstić information content (AvgIpc) is 3.47. The summed E-state index contributed by atoms with van der Waals surface area (Å²) in [5, 5.41) is 15.3. The van der Waals surface area contributed by atoms with Gasteiger partial charge in [-0.1, -0.05) is 25.0 Å². The number of amides is 2. The van der Waals surface area contributed by atoms with Crippen LogP contribution in [0.5, 0.6) is 0 Å². The minimum atomic E-state index is -1.27. The number of hydrogen-bond donors (Lipinski definition) is 2. The molecule has 8 nitrogen and oxygen atoms in total. The van der Waals surface area contributed by atoms with Gasteiger partial charge in [-0.3, -0.25) is 9.36 Å². The molecular weight excluding hydrogens is 547 g/mol. The molecule has 0 radical (unpaired) electrons. The van der Waals surface area contributed by atoms with Crippen molar-refractivity contribution in [3.05, 3.63) is 88.2 Å². The van der Waals surface area contributed by atoms with Crippen LogP contribution in [0.15, 0.2) is 59.7 Å². The van der Waals surface area contributed by atoms with Gasteiger partial charge >= 0.3 is 6.03 Å². The molecule has 1 aromatic heterocycles. The quantitative estimate of drug-likeness (QED) is 0.485. The fraction of sp³-hybridized carbons (Fsp3) is 0.452. The molecule has 6 rings (SSSR count). The second-order valence-corrected chi connectivity index (χ2v) is 11.8. The highest BCUT2D eigenvalue weighted by molar-refractivity contribution is 5.75. The third-order valence-corrected chi connectivity index (χ3v) is 9.37. The minimum Gasteiger partial charge on any atom is -0.387 e. The summed E-state index contributed by atoms with van der Waals surface area (Å²) in [5.74, 6) is -1.61. The van der Waals surface area contributed by atoms with Crippen molar-refractivity contribution >= 4 is 6.03 Å². The van der Waals surface area contributed by atoms with Crippen molar-refractivity contribution in [1.29, 1.82) is 0 Å². The molecule has 2 aromatic carbocycles. The number of aliphatic hydroxyl groups is 1. The van der Waals surface area contributed by atoms with Crippen LogP contribution in [-0.4, -0.2) is 68.8 Å². The van der Waals surface area contributed by atoms with Crippen LogP contribution < -0.4 is 10.9 Å². The largest absolute Gasteiger partial charge is 0.387 e. The first-order valence-electron chi connectivity index (χ1n) is 14.4. The number of rotatable bonds is 4. The lowest BCUT2D eigenvalue weighted by molar-refractivity contribution is -0.137. The lowest BCUT2D eigenvalue weighted by atomic mass is 9.66. The molecule has 2 N–H and O–H groups in total. The highest BCUT2D eigenvalue weighted by Gasteiger charge is 2.56. The van der Waals surface area contributed by atoms with E-state index in [0.717, 1.165) is 31.0 Å². The SMILES string of the molecule is O=C(N1CC[C@@](O)(Cn2cnc(-c3ccccc3F)cc2=O)C2(CCCC2)C1)N1CCNC[C@H]1c1cc(F)ccc1F. The van der Waals surface area contributed by atoms with Crippen LogP contribution in [0, 0.1) is 22.9 Å². The number of carbonyl (C=O) groups is 1. The van der Waals surface area contributed by atoms with Crippen LogP contribution in [0.4, 0.5) is 18.0 Å². The molecule has 222 valence electrons. The van der Waals surface area contributed by atoms with Crippen LogP contribution in [0.2, 0.25) is 0 Å². The number of hydrogen-bond acceptors (Lipinski definition) is 5. The zero-order valence-electron chi connectivity index (χ0n) is 23.2. The standard InChI is InChI=1S/C31H34F3N5O3/c32-21-7-8-25(34)23(15-21)27-17-35-12-14-39(27)29(41)37-13-11-31(42,30(18-37)9-3-4-10-30)19-38-20-36-26(16-28(38)40)22-5-1-2-6-24(22)33/h1-2,5-8,15-16,20,27,35,42H,3-4,9-14,17-19H2/t27-,31+/m0/s1. The predicted octanol–water partition coefficient (Wildman–Crippen LogP) is 4.09. The number of carbonyl (C=O) groups excluding carboxylic acids is 1. The van der Waals surface area contributed by atoms with E-state index in [0.29, 0.717) is 39.0 Å². The molecule has 1 spiro atoms. The number of piperidine rings is 1. The predicted molar refractivity (Wildman–Crippen MR) is 150 cm³/mol. The molecule has 3 fully saturated rings. The number of nitrogens with one attached hydrogen (secondary N) is 1. The Labute approximate surface area is 241 Å². The number of benzene rings is 2. The Morgan fingerprint density at radius 2 is 1.81 bits per heavy atom. The van der Waals surface area contributed by atoms with Gasteiger partial charge in [0.05, 0.1) is 30.2 Å². The molecule has 3 aliphatic rings. The number of nitrogens with zero attached hydrogens (tertiary/aromatic N) is 4. The summed E-state index contributed by atoms with van der Waals surface area (Å²) in [4.78, 5) is 34.7. The van der Waals surface area contributed by atoms with Crippen LogP contribution in [-0.2, 0) is 6.54 Å². The van der Waals surface area contributed by atoms with Gasteiger partial charge in [0, 0.05) is 55.3 Å². The van der Waals surface area contributed by atoms with Gasteiger partial charge in [-0.05, 0) is 49.6 Å². The van der Waals surface area contributed by atoms with Crippen LogP contribution in [0.3, 0.4) is 0 Å². The van der Waals surface area contributed by atoms with E-state index < -0.39 is 40.1 Å². The van der Waals surface area contributed by atoms with E-state index in [1.54, 1.807) is 28.0 Å². The van der Waals surface area contributed by atoms with Gasteiger partial charge < -0.3 is 20.2 Å². The summed E-state index contributed by atoms with van der Waals surface area (Å²) in [5.41, 5.74) is -1.74. The second kappa shape index (κ2) is 11.2. The monoisotopic (exact) mass is 581 g/mol. The number of halogens is 3. The van der Waals surface area contributed by atoms with Crippen molar-refractivity contribution in [2.24, 2.45) is 5.41 Å². The molecule has 3 heterocycles. The van der Waals surface area contributed by atoms with E-state index in [1.807, 2.05) is 0 Å². The maximum atomic E-state index is 14.7. The van der Waals surface area contributed by atoms with E-state index in [-0.39, 0.29) is 42.4 Å². The second-order valence-electron chi connectivity index (χ2n) is 11.8. The Bertz CT molecular complexity index is 1540. The Morgan fingerprint density at radius 3 is 2.57 bits per heavy atom. The molecule has 2 aliphatic heterocycles. The fourth-order valence-corrected chi connectivity index (χ4v) is 7.07. The first-order valence-corrected chi connectivity index (χ1v) is 14.4. The Morgan fingerprint density at radius 1 is 1.02 bits per heavy atom.